The van der Waals surface area contributed by atoms with Crippen LogP contribution in [-0.4, -0.2) is 33.6 Å². The van der Waals surface area contributed by atoms with Crippen molar-refractivity contribution in [2.24, 2.45) is 23.5 Å². The van der Waals surface area contributed by atoms with Crippen LogP contribution in [0.1, 0.15) is 62.2 Å². The molecular formula is C20H26F2N4O2. The van der Waals surface area contributed by atoms with E-state index in [0.29, 0.717) is 29.0 Å². The summed E-state index contributed by atoms with van der Waals surface area (Å²) in [5.41, 5.74) is 8.23. The summed E-state index contributed by atoms with van der Waals surface area (Å²) in [6, 6.07) is 1.49. The Labute approximate surface area is 162 Å². The van der Waals surface area contributed by atoms with Gasteiger partial charge in [0.1, 0.15) is 0 Å². The Hall–Kier alpha value is -2.09. The van der Waals surface area contributed by atoms with Crippen LogP contribution in [0, 0.1) is 17.8 Å². The second-order valence-electron chi connectivity index (χ2n) is 7.97. The first kappa shape index (κ1) is 19.2. The third-order valence-corrected chi connectivity index (χ3v) is 5.84. The molecule has 0 bridgehead atoms. The van der Waals surface area contributed by atoms with E-state index in [1.807, 2.05) is 6.20 Å². The Morgan fingerprint density at radius 2 is 2.00 bits per heavy atom. The van der Waals surface area contributed by atoms with Crippen molar-refractivity contribution < 1.29 is 18.3 Å². The third-order valence-electron chi connectivity index (χ3n) is 5.84. The Morgan fingerprint density at radius 3 is 2.57 bits per heavy atom. The number of nitrogens with two attached hydrogens (primary N) is 1. The number of alkyl halides is 2. The molecule has 2 fully saturated rings. The fourth-order valence-electron chi connectivity index (χ4n) is 4.18. The predicted molar refractivity (Wildman–Crippen MR) is 98.8 cm³/mol. The minimum absolute atomic E-state index is 0.139. The molecule has 2 aromatic rings. The van der Waals surface area contributed by atoms with Gasteiger partial charge >= 0.3 is 5.97 Å². The van der Waals surface area contributed by atoms with Crippen molar-refractivity contribution in [2.45, 2.75) is 57.4 Å². The van der Waals surface area contributed by atoms with Gasteiger partial charge in [-0.15, -0.1) is 0 Å². The number of ether oxygens (including phenoxy) is 1. The number of aromatic nitrogens is 3. The van der Waals surface area contributed by atoms with Crippen molar-refractivity contribution in [3.63, 3.8) is 0 Å². The maximum absolute atomic E-state index is 13.0. The number of hydrogen-bond donors (Lipinski definition) is 1. The zero-order chi connectivity index (χ0) is 19.8. The highest BCUT2D eigenvalue weighted by Gasteiger charge is 2.45. The van der Waals surface area contributed by atoms with Crippen LogP contribution in [-0.2, 0) is 9.53 Å². The van der Waals surface area contributed by atoms with Crippen LogP contribution in [0.2, 0.25) is 0 Å². The van der Waals surface area contributed by atoms with Gasteiger partial charge in [-0.25, -0.2) is 18.3 Å². The predicted octanol–water partition coefficient (Wildman–Crippen LogP) is 3.47. The van der Waals surface area contributed by atoms with E-state index in [4.69, 9.17) is 10.5 Å². The van der Waals surface area contributed by atoms with Crippen LogP contribution in [0.25, 0.3) is 5.65 Å². The molecule has 2 aliphatic rings. The summed E-state index contributed by atoms with van der Waals surface area (Å²) in [7, 11) is 0. The molecule has 0 aromatic carbocycles. The monoisotopic (exact) mass is 392 g/mol. The van der Waals surface area contributed by atoms with Crippen molar-refractivity contribution >= 4 is 11.6 Å². The van der Waals surface area contributed by atoms with E-state index >= 15 is 0 Å². The summed E-state index contributed by atoms with van der Waals surface area (Å²) < 4.78 is 32.5. The van der Waals surface area contributed by atoms with Gasteiger partial charge in [0, 0.05) is 6.42 Å². The standard InChI is InChI=1S/C20H26F2N4O2/c1-2-28-20(27)14(8-16(21)22)13-7-17-25-15(10-26(17)24-9-13)19(23)18(11-3-4-11)12-5-6-12/h7,9-12,14,16,18-19H,2-6,8,23H2,1H3/t14?,19-/m1/s1. The van der Waals surface area contributed by atoms with E-state index in [-0.39, 0.29) is 12.6 Å². The van der Waals surface area contributed by atoms with E-state index in [9.17, 15) is 13.6 Å². The molecule has 8 heteroatoms. The minimum Gasteiger partial charge on any atom is -0.466 e. The molecule has 0 saturated heterocycles. The van der Waals surface area contributed by atoms with Crippen LogP contribution >= 0.6 is 0 Å². The van der Waals surface area contributed by atoms with Crippen molar-refractivity contribution in [3.8, 4) is 0 Å². The van der Waals surface area contributed by atoms with Gasteiger partial charge in [-0.2, -0.15) is 5.10 Å². The van der Waals surface area contributed by atoms with Crippen LogP contribution in [0.15, 0.2) is 18.5 Å². The van der Waals surface area contributed by atoms with Crippen LogP contribution < -0.4 is 5.73 Å². The summed E-state index contributed by atoms with van der Waals surface area (Å²) >= 11 is 0. The van der Waals surface area contributed by atoms with Crippen molar-refractivity contribution in [2.75, 3.05) is 6.61 Å². The third kappa shape index (κ3) is 4.01. The number of carbonyl (C=O) groups excluding carboxylic acids is 1. The fraction of sp³-hybridized carbons (Fsp3) is 0.650. The lowest BCUT2D eigenvalue weighted by Crippen LogP contribution is -2.25. The Kier molecular flexibility index (Phi) is 5.31. The topological polar surface area (TPSA) is 82.5 Å². The molecule has 0 aliphatic heterocycles. The molecule has 2 saturated carbocycles. The molecule has 4 rings (SSSR count). The first-order valence-electron chi connectivity index (χ1n) is 10.0. The lowest BCUT2D eigenvalue weighted by atomic mass is 9.88. The summed E-state index contributed by atoms with van der Waals surface area (Å²) in [4.78, 5) is 16.8. The van der Waals surface area contributed by atoms with Gasteiger partial charge in [-0.1, -0.05) is 0 Å². The average molecular weight is 392 g/mol. The molecule has 28 heavy (non-hydrogen) atoms. The molecule has 2 aromatic heterocycles. The molecule has 2 aliphatic carbocycles. The largest absolute Gasteiger partial charge is 0.466 e. The Bertz CT molecular complexity index is 836. The van der Waals surface area contributed by atoms with Crippen molar-refractivity contribution in [1.82, 2.24) is 14.6 Å². The average Bonchev–Trinajstić information content (AvgIpc) is 3.59. The molecule has 0 spiro atoms. The van der Waals surface area contributed by atoms with Gasteiger partial charge in [0.15, 0.2) is 5.65 Å². The number of fused-ring (bicyclic) bond motifs is 1. The first-order chi connectivity index (χ1) is 13.5. The Balaban J connectivity index is 1.60. The zero-order valence-electron chi connectivity index (χ0n) is 15.9. The normalized spacial score (nSPS) is 19.4. The molecule has 1 unspecified atom stereocenters. The van der Waals surface area contributed by atoms with Crippen molar-refractivity contribution in [3.05, 3.63) is 29.7 Å². The highest BCUT2D eigenvalue weighted by molar-refractivity contribution is 5.78. The smallest absolute Gasteiger partial charge is 0.313 e. The quantitative estimate of drug-likeness (QED) is 0.661. The van der Waals surface area contributed by atoms with E-state index < -0.39 is 24.7 Å². The SMILES string of the molecule is CCOC(=O)C(CC(F)F)c1cnn2cc([C@@H](N)C(C3CC3)C3CC3)nc2c1. The van der Waals surface area contributed by atoms with Crippen LogP contribution in [0.4, 0.5) is 8.78 Å². The van der Waals surface area contributed by atoms with Gasteiger partial charge in [-0.05, 0) is 62.0 Å². The summed E-state index contributed by atoms with van der Waals surface area (Å²) in [5.74, 6) is 0.109. The maximum atomic E-state index is 13.0. The molecule has 2 heterocycles. The van der Waals surface area contributed by atoms with E-state index in [0.717, 1.165) is 5.69 Å². The molecule has 2 atom stereocenters. The molecular weight excluding hydrogens is 366 g/mol. The number of rotatable bonds is 9. The van der Waals surface area contributed by atoms with Gasteiger partial charge in [0.05, 0.1) is 36.7 Å². The van der Waals surface area contributed by atoms with E-state index in [1.54, 1.807) is 17.5 Å². The minimum atomic E-state index is -2.62. The van der Waals surface area contributed by atoms with Crippen LogP contribution in [0.3, 0.4) is 0 Å². The van der Waals surface area contributed by atoms with Gasteiger partial charge < -0.3 is 10.5 Å². The fourth-order valence-corrected chi connectivity index (χ4v) is 4.18. The summed E-state index contributed by atoms with van der Waals surface area (Å²) in [5, 5.41) is 4.28. The number of esters is 1. The highest BCUT2D eigenvalue weighted by atomic mass is 19.3. The lowest BCUT2D eigenvalue weighted by Gasteiger charge is -2.21. The van der Waals surface area contributed by atoms with Gasteiger partial charge in [0.25, 0.3) is 0 Å². The second-order valence-corrected chi connectivity index (χ2v) is 7.97. The van der Waals surface area contributed by atoms with E-state index in [2.05, 4.69) is 10.1 Å². The number of hydrogen-bond acceptors (Lipinski definition) is 5. The summed E-state index contributed by atoms with van der Waals surface area (Å²) in [6.07, 6.45) is 4.97. The first-order valence-corrected chi connectivity index (χ1v) is 10.0. The molecule has 0 amide bonds. The number of nitrogens with zero attached hydrogens (tertiary/aromatic N) is 3. The maximum Gasteiger partial charge on any atom is 0.313 e. The zero-order valence-corrected chi connectivity index (χ0v) is 15.9. The number of carbonyl (C=O) groups is 1. The number of imidazole rings is 1. The molecule has 152 valence electrons. The van der Waals surface area contributed by atoms with Crippen LogP contribution in [0.5, 0.6) is 0 Å². The van der Waals surface area contributed by atoms with Gasteiger partial charge in [-0.3, -0.25) is 4.79 Å². The second kappa shape index (κ2) is 7.73. The lowest BCUT2D eigenvalue weighted by molar-refractivity contribution is -0.146. The van der Waals surface area contributed by atoms with E-state index in [1.165, 1.54) is 31.9 Å². The van der Waals surface area contributed by atoms with Gasteiger partial charge in [0.2, 0.25) is 6.43 Å². The highest BCUT2D eigenvalue weighted by Crippen LogP contribution is 2.53. The molecule has 0 radical (unpaired) electrons. The Morgan fingerprint density at radius 1 is 1.32 bits per heavy atom. The molecule has 2 N–H and O–H groups in total. The number of halogens is 2. The van der Waals surface area contributed by atoms with Crippen molar-refractivity contribution in [1.29, 1.82) is 0 Å². The molecule has 6 nitrogen and oxygen atoms in total. The summed E-state index contributed by atoms with van der Waals surface area (Å²) in [6.45, 7) is 1.79.